The van der Waals surface area contributed by atoms with E-state index in [0.717, 1.165) is 25.9 Å². The molecule has 3 unspecified atom stereocenters. The molecule has 1 heterocycles. The smallest absolute Gasteiger partial charge is 0.226 e. The summed E-state index contributed by atoms with van der Waals surface area (Å²) in [5, 5.41) is 0. The summed E-state index contributed by atoms with van der Waals surface area (Å²) < 4.78 is 5.48. The van der Waals surface area contributed by atoms with E-state index < -0.39 is 0 Å². The summed E-state index contributed by atoms with van der Waals surface area (Å²) in [5.74, 6) is 0.878. The van der Waals surface area contributed by atoms with Crippen LogP contribution in [0.4, 0.5) is 0 Å². The predicted octanol–water partition coefficient (Wildman–Crippen LogP) is 0.999. The van der Waals surface area contributed by atoms with Crippen molar-refractivity contribution >= 4 is 5.91 Å². The highest BCUT2D eigenvalue weighted by atomic mass is 16.5. The first-order valence-corrected chi connectivity index (χ1v) is 6.83. The molecule has 0 aromatic heterocycles. The van der Waals surface area contributed by atoms with Crippen LogP contribution in [0, 0.1) is 11.8 Å². The molecular weight excluding hydrogens is 216 g/mol. The van der Waals surface area contributed by atoms with Gasteiger partial charge in [-0.3, -0.25) is 4.79 Å². The Morgan fingerprint density at radius 2 is 2.18 bits per heavy atom. The molecule has 2 aliphatic rings. The summed E-state index contributed by atoms with van der Waals surface area (Å²) in [6.45, 7) is 4.84. The zero-order valence-corrected chi connectivity index (χ0v) is 10.7. The van der Waals surface area contributed by atoms with E-state index in [1.54, 1.807) is 0 Å². The number of rotatable bonds is 2. The van der Waals surface area contributed by atoms with Crippen LogP contribution in [0.25, 0.3) is 0 Å². The van der Waals surface area contributed by atoms with Crippen LogP contribution in [0.1, 0.15) is 32.6 Å². The van der Waals surface area contributed by atoms with E-state index in [9.17, 15) is 4.79 Å². The number of hydrogen-bond acceptors (Lipinski definition) is 3. The molecule has 0 spiro atoms. The minimum Gasteiger partial charge on any atom is -0.375 e. The molecule has 0 aromatic rings. The molecule has 1 amide bonds. The summed E-state index contributed by atoms with van der Waals surface area (Å²) in [6, 6.07) is 0. The Morgan fingerprint density at radius 1 is 1.41 bits per heavy atom. The highest BCUT2D eigenvalue weighted by molar-refractivity contribution is 5.79. The molecule has 1 aliphatic carbocycles. The molecule has 4 heteroatoms. The summed E-state index contributed by atoms with van der Waals surface area (Å²) in [6.07, 6.45) is 4.71. The first-order valence-electron chi connectivity index (χ1n) is 6.83. The van der Waals surface area contributed by atoms with Crippen molar-refractivity contribution in [3.05, 3.63) is 0 Å². The molecule has 2 fully saturated rings. The second kappa shape index (κ2) is 5.83. The lowest BCUT2D eigenvalue weighted by molar-refractivity contribution is -0.145. The van der Waals surface area contributed by atoms with Gasteiger partial charge < -0.3 is 15.4 Å². The topological polar surface area (TPSA) is 55.6 Å². The van der Waals surface area contributed by atoms with Crippen LogP contribution in [-0.4, -0.2) is 43.2 Å². The monoisotopic (exact) mass is 240 g/mol. The highest BCUT2D eigenvalue weighted by Gasteiger charge is 2.34. The molecule has 1 aliphatic heterocycles. The standard InChI is InChI=1S/C13H24N2O2/c1-10-9-15(6-7-17-10)13(16)12-5-3-2-4-11(12)8-14/h10-12H,2-9,14H2,1H3. The Bertz CT molecular complexity index is 270. The number of ether oxygens (including phenoxy) is 1. The lowest BCUT2D eigenvalue weighted by atomic mass is 9.78. The molecule has 1 saturated carbocycles. The maximum Gasteiger partial charge on any atom is 0.226 e. The average Bonchev–Trinajstić information content (AvgIpc) is 2.38. The Kier molecular flexibility index (Phi) is 4.40. The summed E-state index contributed by atoms with van der Waals surface area (Å²) in [4.78, 5) is 14.5. The number of morpholine rings is 1. The number of carbonyl (C=O) groups excluding carboxylic acids is 1. The summed E-state index contributed by atoms with van der Waals surface area (Å²) in [5.41, 5.74) is 5.79. The molecule has 1 saturated heterocycles. The first-order chi connectivity index (χ1) is 8.22. The van der Waals surface area contributed by atoms with Crippen molar-refractivity contribution in [2.75, 3.05) is 26.2 Å². The van der Waals surface area contributed by atoms with Crippen LogP contribution in [0.15, 0.2) is 0 Å². The van der Waals surface area contributed by atoms with Crippen LogP contribution >= 0.6 is 0 Å². The zero-order valence-electron chi connectivity index (χ0n) is 10.7. The van der Waals surface area contributed by atoms with Crippen molar-refractivity contribution in [3.63, 3.8) is 0 Å². The second-order valence-corrected chi connectivity index (χ2v) is 5.35. The third kappa shape index (κ3) is 2.99. The fourth-order valence-electron chi connectivity index (χ4n) is 3.07. The molecule has 2 N–H and O–H groups in total. The Balaban J connectivity index is 1.97. The predicted molar refractivity (Wildman–Crippen MR) is 66.5 cm³/mol. The van der Waals surface area contributed by atoms with Gasteiger partial charge in [0.25, 0.3) is 0 Å². The number of nitrogens with zero attached hydrogens (tertiary/aromatic N) is 1. The van der Waals surface area contributed by atoms with Crippen molar-refractivity contribution in [1.82, 2.24) is 4.90 Å². The van der Waals surface area contributed by atoms with E-state index in [1.807, 2.05) is 11.8 Å². The van der Waals surface area contributed by atoms with Crippen molar-refractivity contribution in [2.24, 2.45) is 17.6 Å². The van der Waals surface area contributed by atoms with Gasteiger partial charge in [0.15, 0.2) is 0 Å². The van der Waals surface area contributed by atoms with Crippen molar-refractivity contribution in [1.29, 1.82) is 0 Å². The minimum atomic E-state index is 0.166. The van der Waals surface area contributed by atoms with E-state index in [-0.39, 0.29) is 12.0 Å². The van der Waals surface area contributed by atoms with E-state index >= 15 is 0 Å². The van der Waals surface area contributed by atoms with Crippen LogP contribution in [0.3, 0.4) is 0 Å². The third-order valence-electron chi connectivity index (χ3n) is 4.08. The van der Waals surface area contributed by atoms with Crippen LogP contribution in [-0.2, 0) is 9.53 Å². The average molecular weight is 240 g/mol. The van der Waals surface area contributed by atoms with E-state index in [4.69, 9.17) is 10.5 Å². The molecule has 17 heavy (non-hydrogen) atoms. The van der Waals surface area contributed by atoms with Gasteiger partial charge in [0.2, 0.25) is 5.91 Å². The molecule has 98 valence electrons. The first kappa shape index (κ1) is 12.8. The van der Waals surface area contributed by atoms with Gasteiger partial charge in [0.1, 0.15) is 0 Å². The van der Waals surface area contributed by atoms with Gasteiger partial charge in [-0.2, -0.15) is 0 Å². The van der Waals surface area contributed by atoms with Gasteiger partial charge in [0, 0.05) is 19.0 Å². The van der Waals surface area contributed by atoms with Crippen molar-refractivity contribution in [2.45, 2.75) is 38.7 Å². The zero-order chi connectivity index (χ0) is 12.3. The number of carbonyl (C=O) groups is 1. The lowest BCUT2D eigenvalue weighted by Crippen LogP contribution is -2.49. The molecule has 0 aromatic carbocycles. The summed E-state index contributed by atoms with van der Waals surface area (Å²) in [7, 11) is 0. The third-order valence-corrected chi connectivity index (χ3v) is 4.08. The number of nitrogens with two attached hydrogens (primary N) is 1. The quantitative estimate of drug-likeness (QED) is 0.783. The maximum atomic E-state index is 12.5. The molecule has 0 radical (unpaired) electrons. The van der Waals surface area contributed by atoms with E-state index in [2.05, 4.69) is 0 Å². The van der Waals surface area contributed by atoms with Crippen molar-refractivity contribution < 1.29 is 9.53 Å². The summed E-state index contributed by atoms with van der Waals surface area (Å²) >= 11 is 0. The number of hydrogen-bond donors (Lipinski definition) is 1. The van der Waals surface area contributed by atoms with Gasteiger partial charge in [-0.25, -0.2) is 0 Å². The van der Waals surface area contributed by atoms with E-state index in [0.29, 0.717) is 25.0 Å². The fourth-order valence-corrected chi connectivity index (χ4v) is 3.07. The van der Waals surface area contributed by atoms with E-state index in [1.165, 1.54) is 12.8 Å². The molecule has 4 nitrogen and oxygen atoms in total. The fraction of sp³-hybridized carbons (Fsp3) is 0.923. The maximum absolute atomic E-state index is 12.5. The SMILES string of the molecule is CC1CN(C(=O)C2CCCCC2CN)CCO1. The number of amides is 1. The second-order valence-electron chi connectivity index (χ2n) is 5.35. The lowest BCUT2D eigenvalue weighted by Gasteiger charge is -2.37. The normalized spacial score (nSPS) is 34.7. The minimum absolute atomic E-state index is 0.166. The highest BCUT2D eigenvalue weighted by Crippen LogP contribution is 2.31. The Morgan fingerprint density at radius 3 is 2.88 bits per heavy atom. The van der Waals surface area contributed by atoms with Gasteiger partial charge in [0.05, 0.1) is 12.7 Å². The molecular formula is C13H24N2O2. The van der Waals surface area contributed by atoms with Gasteiger partial charge in [-0.05, 0) is 32.2 Å². The molecule has 3 atom stereocenters. The van der Waals surface area contributed by atoms with Gasteiger partial charge in [-0.1, -0.05) is 12.8 Å². The van der Waals surface area contributed by atoms with Gasteiger partial charge in [-0.15, -0.1) is 0 Å². The Hall–Kier alpha value is -0.610. The molecule has 0 bridgehead atoms. The Labute approximate surface area is 103 Å². The van der Waals surface area contributed by atoms with Crippen LogP contribution in [0.5, 0.6) is 0 Å². The van der Waals surface area contributed by atoms with Crippen molar-refractivity contribution in [3.8, 4) is 0 Å². The molecule has 2 rings (SSSR count). The van der Waals surface area contributed by atoms with Crippen LogP contribution < -0.4 is 5.73 Å². The van der Waals surface area contributed by atoms with Gasteiger partial charge >= 0.3 is 0 Å². The largest absolute Gasteiger partial charge is 0.375 e. The van der Waals surface area contributed by atoms with Crippen LogP contribution in [0.2, 0.25) is 0 Å².